The van der Waals surface area contributed by atoms with Gasteiger partial charge in [0.2, 0.25) is 0 Å². The second-order valence-corrected chi connectivity index (χ2v) is 5.96. The SMILES string of the molecule is Nc1c(-c2ccccc2)cc(-c2cccnc2)cc1-c1ccccc1. The highest BCUT2D eigenvalue weighted by atomic mass is 14.6. The third kappa shape index (κ3) is 3.02. The van der Waals surface area contributed by atoms with E-state index in [1.54, 1.807) is 6.20 Å². The summed E-state index contributed by atoms with van der Waals surface area (Å²) in [4.78, 5) is 4.26. The molecule has 0 fully saturated rings. The van der Waals surface area contributed by atoms with Gasteiger partial charge in [-0.2, -0.15) is 0 Å². The molecule has 2 nitrogen and oxygen atoms in total. The number of nitrogens with two attached hydrogens (primary N) is 1. The molecule has 4 rings (SSSR count). The van der Waals surface area contributed by atoms with Gasteiger partial charge >= 0.3 is 0 Å². The predicted octanol–water partition coefficient (Wildman–Crippen LogP) is 5.66. The lowest BCUT2D eigenvalue weighted by atomic mass is 9.92. The van der Waals surface area contributed by atoms with Crippen molar-refractivity contribution < 1.29 is 0 Å². The number of anilines is 1. The zero-order valence-electron chi connectivity index (χ0n) is 13.8. The predicted molar refractivity (Wildman–Crippen MR) is 105 cm³/mol. The second-order valence-electron chi connectivity index (χ2n) is 5.96. The maximum atomic E-state index is 6.58. The Balaban J connectivity index is 1.98. The number of hydrogen-bond acceptors (Lipinski definition) is 2. The van der Waals surface area contributed by atoms with Gasteiger partial charge in [0.15, 0.2) is 0 Å². The summed E-state index contributed by atoms with van der Waals surface area (Å²) >= 11 is 0. The first-order chi connectivity index (χ1) is 12.3. The molecule has 4 aromatic rings. The number of benzene rings is 3. The highest BCUT2D eigenvalue weighted by Gasteiger charge is 2.12. The fourth-order valence-electron chi connectivity index (χ4n) is 3.07. The summed E-state index contributed by atoms with van der Waals surface area (Å²) < 4.78 is 0. The lowest BCUT2D eigenvalue weighted by molar-refractivity contribution is 1.33. The fourth-order valence-corrected chi connectivity index (χ4v) is 3.07. The van der Waals surface area contributed by atoms with E-state index in [-0.39, 0.29) is 0 Å². The van der Waals surface area contributed by atoms with Crippen molar-refractivity contribution >= 4 is 5.69 Å². The molecule has 2 heteroatoms. The molecule has 120 valence electrons. The molecule has 0 atom stereocenters. The van der Waals surface area contributed by atoms with E-state index in [1.165, 1.54) is 0 Å². The zero-order valence-corrected chi connectivity index (χ0v) is 13.8. The molecule has 0 aliphatic rings. The monoisotopic (exact) mass is 322 g/mol. The van der Waals surface area contributed by atoms with Gasteiger partial charge in [-0.3, -0.25) is 4.98 Å². The van der Waals surface area contributed by atoms with E-state index >= 15 is 0 Å². The van der Waals surface area contributed by atoms with Crippen LogP contribution in [0, 0.1) is 0 Å². The Morgan fingerprint density at radius 1 is 0.560 bits per heavy atom. The van der Waals surface area contributed by atoms with Crippen molar-refractivity contribution in [3.8, 4) is 33.4 Å². The van der Waals surface area contributed by atoms with Crippen LogP contribution in [0.4, 0.5) is 5.69 Å². The van der Waals surface area contributed by atoms with E-state index in [1.807, 2.05) is 48.7 Å². The van der Waals surface area contributed by atoms with Gasteiger partial charge in [0.1, 0.15) is 0 Å². The van der Waals surface area contributed by atoms with Crippen LogP contribution in [0.2, 0.25) is 0 Å². The molecule has 0 saturated carbocycles. The smallest absolute Gasteiger partial charge is 0.0473 e. The molecule has 0 saturated heterocycles. The number of hydrogen-bond donors (Lipinski definition) is 1. The summed E-state index contributed by atoms with van der Waals surface area (Å²) in [5.74, 6) is 0. The van der Waals surface area contributed by atoms with Crippen molar-refractivity contribution in [2.75, 3.05) is 5.73 Å². The first-order valence-electron chi connectivity index (χ1n) is 8.28. The molecule has 2 N–H and O–H groups in total. The summed E-state index contributed by atoms with van der Waals surface area (Å²) in [5.41, 5.74) is 13.9. The quantitative estimate of drug-likeness (QED) is 0.494. The minimum atomic E-state index is 0.796. The van der Waals surface area contributed by atoms with Crippen molar-refractivity contribution in [2.24, 2.45) is 0 Å². The van der Waals surface area contributed by atoms with Crippen molar-refractivity contribution in [1.82, 2.24) is 4.98 Å². The normalized spacial score (nSPS) is 10.6. The first kappa shape index (κ1) is 15.2. The Morgan fingerprint density at radius 2 is 1.08 bits per heavy atom. The number of pyridine rings is 1. The van der Waals surface area contributed by atoms with E-state index < -0.39 is 0 Å². The largest absolute Gasteiger partial charge is 0.398 e. The van der Waals surface area contributed by atoms with Crippen molar-refractivity contribution in [3.63, 3.8) is 0 Å². The summed E-state index contributed by atoms with van der Waals surface area (Å²) in [7, 11) is 0. The molecule has 0 unspecified atom stereocenters. The number of rotatable bonds is 3. The van der Waals surface area contributed by atoms with E-state index in [0.717, 1.165) is 39.1 Å². The Labute approximate surface area is 147 Å². The molecule has 0 amide bonds. The van der Waals surface area contributed by atoms with Crippen LogP contribution in [0.3, 0.4) is 0 Å². The van der Waals surface area contributed by atoms with E-state index in [4.69, 9.17) is 5.73 Å². The zero-order chi connectivity index (χ0) is 17.1. The third-order valence-electron chi connectivity index (χ3n) is 4.34. The standard InChI is InChI=1S/C23H18N2/c24-23-21(17-8-3-1-4-9-17)14-20(19-12-7-13-25-16-19)15-22(23)18-10-5-2-6-11-18/h1-16H,24H2. The van der Waals surface area contributed by atoms with Gasteiger partial charge in [0.25, 0.3) is 0 Å². The summed E-state index contributed by atoms with van der Waals surface area (Å²) in [6.07, 6.45) is 3.67. The van der Waals surface area contributed by atoms with Gasteiger partial charge < -0.3 is 5.73 Å². The average Bonchev–Trinajstić information content (AvgIpc) is 2.70. The van der Waals surface area contributed by atoms with Crippen LogP contribution in [-0.2, 0) is 0 Å². The van der Waals surface area contributed by atoms with Gasteiger partial charge in [-0.25, -0.2) is 0 Å². The molecule has 1 aromatic heterocycles. The maximum absolute atomic E-state index is 6.58. The van der Waals surface area contributed by atoms with E-state index in [2.05, 4.69) is 47.4 Å². The summed E-state index contributed by atoms with van der Waals surface area (Å²) in [5, 5.41) is 0. The molecular formula is C23H18N2. The van der Waals surface area contributed by atoms with Crippen LogP contribution in [0.1, 0.15) is 0 Å². The molecule has 1 heterocycles. The van der Waals surface area contributed by atoms with Gasteiger partial charge in [0, 0.05) is 34.8 Å². The first-order valence-corrected chi connectivity index (χ1v) is 8.28. The number of nitrogens with zero attached hydrogens (tertiary/aromatic N) is 1. The van der Waals surface area contributed by atoms with Crippen LogP contribution < -0.4 is 5.73 Å². The molecule has 0 spiro atoms. The number of nitrogen functional groups attached to an aromatic ring is 1. The summed E-state index contributed by atoms with van der Waals surface area (Å²) in [6.45, 7) is 0. The van der Waals surface area contributed by atoms with Crippen molar-refractivity contribution in [2.45, 2.75) is 0 Å². The highest BCUT2D eigenvalue weighted by Crippen LogP contribution is 2.38. The Kier molecular flexibility index (Phi) is 4.01. The number of aromatic nitrogens is 1. The maximum Gasteiger partial charge on any atom is 0.0473 e. The van der Waals surface area contributed by atoms with Crippen LogP contribution in [0.15, 0.2) is 97.3 Å². The van der Waals surface area contributed by atoms with Gasteiger partial charge in [-0.05, 0) is 34.9 Å². The molecule has 0 radical (unpaired) electrons. The fraction of sp³-hybridized carbons (Fsp3) is 0. The van der Waals surface area contributed by atoms with Crippen molar-refractivity contribution in [3.05, 3.63) is 97.3 Å². The lowest BCUT2D eigenvalue weighted by Gasteiger charge is -2.15. The molecule has 3 aromatic carbocycles. The van der Waals surface area contributed by atoms with Crippen LogP contribution in [0.25, 0.3) is 33.4 Å². The molecule has 0 aliphatic heterocycles. The second kappa shape index (κ2) is 6.62. The van der Waals surface area contributed by atoms with E-state index in [0.29, 0.717) is 0 Å². The van der Waals surface area contributed by atoms with Crippen LogP contribution >= 0.6 is 0 Å². The Bertz CT molecular complexity index is 918. The van der Waals surface area contributed by atoms with Crippen molar-refractivity contribution in [1.29, 1.82) is 0 Å². The lowest BCUT2D eigenvalue weighted by Crippen LogP contribution is -1.96. The van der Waals surface area contributed by atoms with E-state index in [9.17, 15) is 0 Å². The minimum Gasteiger partial charge on any atom is -0.398 e. The topological polar surface area (TPSA) is 38.9 Å². The Hall–Kier alpha value is -3.39. The molecule has 0 aliphatic carbocycles. The summed E-state index contributed by atoms with van der Waals surface area (Å²) in [6, 6.07) is 28.9. The molecular weight excluding hydrogens is 304 g/mol. The third-order valence-corrected chi connectivity index (χ3v) is 4.34. The minimum absolute atomic E-state index is 0.796. The van der Waals surface area contributed by atoms with Gasteiger partial charge in [-0.15, -0.1) is 0 Å². The molecule has 0 bridgehead atoms. The van der Waals surface area contributed by atoms with Gasteiger partial charge in [-0.1, -0.05) is 66.7 Å². The Morgan fingerprint density at radius 3 is 1.56 bits per heavy atom. The van der Waals surface area contributed by atoms with Crippen LogP contribution in [-0.4, -0.2) is 4.98 Å². The average molecular weight is 322 g/mol. The highest BCUT2D eigenvalue weighted by molar-refractivity contribution is 5.93. The van der Waals surface area contributed by atoms with Crippen LogP contribution in [0.5, 0.6) is 0 Å². The van der Waals surface area contributed by atoms with Gasteiger partial charge in [0.05, 0.1) is 0 Å². The molecule has 25 heavy (non-hydrogen) atoms.